The van der Waals surface area contributed by atoms with Crippen LogP contribution >= 0.6 is 0 Å². The fourth-order valence-corrected chi connectivity index (χ4v) is 9.80. The first-order valence-corrected chi connectivity index (χ1v) is 22.2. The van der Waals surface area contributed by atoms with Gasteiger partial charge in [-0.15, -0.1) is 0 Å². The number of nitrogens with one attached hydrogen (secondary N) is 2. The van der Waals surface area contributed by atoms with Crippen LogP contribution in [0.5, 0.6) is 17.4 Å². The maximum Gasteiger partial charge on any atom is 0.411 e. The van der Waals surface area contributed by atoms with Crippen LogP contribution in [0.3, 0.4) is 0 Å². The van der Waals surface area contributed by atoms with Crippen molar-refractivity contribution in [2.75, 3.05) is 34.0 Å². The number of aromatic nitrogens is 1. The Morgan fingerprint density at radius 2 is 1.81 bits per heavy atom. The predicted molar refractivity (Wildman–Crippen MR) is 219 cm³/mol. The number of carboxylic acid groups (broad SMARTS) is 1. The van der Waals surface area contributed by atoms with Crippen LogP contribution in [-0.2, 0) is 29.1 Å². The molecule has 0 radical (unpaired) electrons. The molecule has 16 nitrogen and oxygen atoms in total. The van der Waals surface area contributed by atoms with E-state index in [4.69, 9.17) is 18.9 Å². The van der Waals surface area contributed by atoms with E-state index in [1.165, 1.54) is 34.3 Å². The smallest absolute Gasteiger partial charge is 0.411 e. The molecule has 4 aliphatic rings. The lowest BCUT2D eigenvalue weighted by atomic mass is 9.85. The van der Waals surface area contributed by atoms with Gasteiger partial charge in [-0.3, -0.25) is 24.0 Å². The van der Waals surface area contributed by atoms with E-state index in [-0.39, 0.29) is 49.2 Å². The monoisotopic (exact) mass is 895 g/mol. The van der Waals surface area contributed by atoms with Gasteiger partial charge < -0.3 is 34.3 Å². The van der Waals surface area contributed by atoms with Crippen molar-refractivity contribution >= 4 is 44.6 Å². The van der Waals surface area contributed by atoms with Crippen LogP contribution in [0.2, 0.25) is 0 Å². The number of hydrogen-bond donors (Lipinski definition) is 3. The normalized spacial score (nSPS) is 28.3. The van der Waals surface area contributed by atoms with Gasteiger partial charge in [0, 0.05) is 30.2 Å². The number of nitrogens with zero attached hydrogens (tertiary/aromatic N) is 3. The van der Waals surface area contributed by atoms with Crippen molar-refractivity contribution in [2.24, 2.45) is 17.8 Å². The van der Waals surface area contributed by atoms with Crippen LogP contribution in [0.15, 0.2) is 36.5 Å². The number of hydrogen-bond acceptors (Lipinski definition) is 11. The summed E-state index contributed by atoms with van der Waals surface area (Å²) >= 11 is 0. The van der Waals surface area contributed by atoms with Gasteiger partial charge in [-0.05, 0) is 89.3 Å². The van der Waals surface area contributed by atoms with E-state index >= 15 is 4.79 Å². The summed E-state index contributed by atoms with van der Waals surface area (Å²) in [6.45, 7) is 6.33. The molecule has 3 fully saturated rings. The lowest BCUT2D eigenvalue weighted by Gasteiger charge is -2.45. The number of halogens is 3. The summed E-state index contributed by atoms with van der Waals surface area (Å²) in [6, 6.07) is 1.60. The maximum absolute atomic E-state index is 15.1. The van der Waals surface area contributed by atoms with Gasteiger partial charge in [0.05, 0.1) is 31.2 Å². The van der Waals surface area contributed by atoms with Gasteiger partial charge in [0.1, 0.15) is 47.4 Å². The number of rotatable bonds is 12. The van der Waals surface area contributed by atoms with Gasteiger partial charge >= 0.3 is 12.3 Å². The van der Waals surface area contributed by atoms with Gasteiger partial charge in [0.2, 0.25) is 27.7 Å². The van der Waals surface area contributed by atoms with Crippen molar-refractivity contribution in [3.63, 3.8) is 0 Å². The maximum atomic E-state index is 15.1. The van der Waals surface area contributed by atoms with Crippen molar-refractivity contribution in [2.45, 2.75) is 120 Å². The lowest BCUT2D eigenvalue weighted by molar-refractivity contribution is -0.222. The zero-order chi connectivity index (χ0) is 45.6. The number of fused-ring (bicyclic) bond motifs is 3. The molecule has 342 valence electrons. The van der Waals surface area contributed by atoms with Crippen LogP contribution in [0.4, 0.5) is 18.0 Å². The molecule has 0 bridgehead atoms. The van der Waals surface area contributed by atoms with Crippen molar-refractivity contribution in [3.05, 3.63) is 36.5 Å². The third kappa shape index (κ3) is 9.12. The minimum atomic E-state index is -5.11. The highest BCUT2D eigenvalue weighted by molar-refractivity contribution is 7.91. The number of ether oxygens (including phenoxy) is 4. The molecule has 1 saturated heterocycles. The predicted octanol–water partition coefficient (Wildman–Crippen LogP) is 5.19. The molecule has 3 N–H and O–H groups in total. The SMILES string of the molecule is COCCOc1cnc(O[C@@H]2C[C@H]3C(=O)N[C@]4(C(=O)NS(=O)(=O)C5(C)CC5)C[C@H]4/C=C\CC[C@H](C)C[C@@H](C)[C@H](N(C(=O)O)C(C)(C)C(F)(F)F)C(=O)N3C2)c2ccc(OC)cc12. The first-order chi connectivity index (χ1) is 29.0. The number of carbonyl (C=O) groups is 4. The lowest BCUT2D eigenvalue weighted by Crippen LogP contribution is -2.66. The van der Waals surface area contributed by atoms with E-state index < -0.39 is 92.4 Å². The van der Waals surface area contributed by atoms with Crippen molar-refractivity contribution in [3.8, 4) is 17.4 Å². The summed E-state index contributed by atoms with van der Waals surface area (Å²) in [7, 11) is -1.13. The fourth-order valence-electron chi connectivity index (χ4n) is 8.48. The Kier molecular flexibility index (Phi) is 13.1. The molecule has 6 rings (SSSR count). The molecule has 3 heterocycles. The van der Waals surface area contributed by atoms with E-state index in [2.05, 4.69) is 15.0 Å². The quantitative estimate of drug-likeness (QED) is 0.186. The Balaban J connectivity index is 1.42. The van der Waals surface area contributed by atoms with Crippen molar-refractivity contribution in [1.82, 2.24) is 24.8 Å². The summed E-state index contributed by atoms with van der Waals surface area (Å²) in [5, 5.41) is 14.2. The third-order valence-corrected chi connectivity index (χ3v) is 15.0. The molecular weight excluding hydrogens is 840 g/mol. The van der Waals surface area contributed by atoms with Crippen LogP contribution in [0.1, 0.15) is 79.6 Å². The molecule has 2 saturated carbocycles. The Bertz CT molecular complexity index is 2200. The number of alkyl halides is 3. The highest BCUT2D eigenvalue weighted by Gasteiger charge is 2.64. The molecule has 0 spiro atoms. The molecule has 20 heteroatoms. The largest absolute Gasteiger partial charge is 0.497 e. The molecule has 2 aliphatic heterocycles. The first kappa shape index (κ1) is 46.6. The molecule has 7 atom stereocenters. The van der Waals surface area contributed by atoms with Gasteiger partial charge in [0.15, 0.2) is 0 Å². The van der Waals surface area contributed by atoms with Gasteiger partial charge in [-0.2, -0.15) is 13.2 Å². The van der Waals surface area contributed by atoms with Crippen LogP contribution in [0.25, 0.3) is 10.8 Å². The molecule has 2 aliphatic carbocycles. The van der Waals surface area contributed by atoms with Crippen molar-refractivity contribution in [1.29, 1.82) is 0 Å². The van der Waals surface area contributed by atoms with E-state index in [9.17, 15) is 41.1 Å². The van der Waals surface area contributed by atoms with E-state index in [1.807, 2.05) is 6.92 Å². The molecule has 1 aromatic carbocycles. The summed E-state index contributed by atoms with van der Waals surface area (Å²) < 4.78 is 94.7. The van der Waals surface area contributed by atoms with E-state index in [1.54, 1.807) is 30.4 Å². The number of allylic oxidation sites excluding steroid dienone is 1. The van der Waals surface area contributed by atoms with Gasteiger partial charge in [0.25, 0.3) is 5.91 Å². The second-order valence-corrected chi connectivity index (χ2v) is 20.0. The number of amides is 4. The summed E-state index contributed by atoms with van der Waals surface area (Å²) in [5.74, 6) is -3.80. The van der Waals surface area contributed by atoms with Gasteiger partial charge in [-0.25, -0.2) is 18.2 Å². The number of sulfonamides is 1. The van der Waals surface area contributed by atoms with Crippen LogP contribution in [-0.4, -0.2) is 126 Å². The standard InChI is InChI=1S/C42H56F3N5O11S/c1-24-10-8-9-11-26-21-41(26,37(53)48-62(56,57)40(5)14-15-40)47-34(51)31-20-28(61-35-29-13-12-27(59-7)19-30(29)32(22-46-35)60-17-16-58-6)23-49(31)36(52)33(25(2)18-24)50(38(54)55)39(3,4)42(43,44)45/h9,11-13,19,22,24-26,28,31,33H,8,10,14-18,20-21,23H2,1-7H3,(H,47,51)(H,48,53)(H,54,55)/b11-9-/t24-,25+,26+,28+,31-,33-,41+/m0/s1. The van der Waals surface area contributed by atoms with Crippen LogP contribution < -0.4 is 24.2 Å². The minimum Gasteiger partial charge on any atom is -0.497 e. The van der Waals surface area contributed by atoms with Crippen molar-refractivity contribution < 1.29 is 64.8 Å². The van der Waals surface area contributed by atoms with E-state index in [0.29, 0.717) is 61.8 Å². The number of benzene rings is 1. The summed E-state index contributed by atoms with van der Waals surface area (Å²) in [6.07, 6.45) is -1.62. The second-order valence-electron chi connectivity index (χ2n) is 17.8. The zero-order valence-corrected chi connectivity index (χ0v) is 36.7. The molecule has 0 unspecified atom stereocenters. The number of carbonyl (C=O) groups excluding carboxylic acids is 3. The molecular formula is C42H56F3N5O11S. The summed E-state index contributed by atoms with van der Waals surface area (Å²) in [5.41, 5.74) is -4.79. The molecule has 2 aromatic rings. The minimum absolute atomic E-state index is 0.0356. The topological polar surface area (TPSA) is 203 Å². The molecule has 62 heavy (non-hydrogen) atoms. The summed E-state index contributed by atoms with van der Waals surface area (Å²) in [4.78, 5) is 62.4. The second kappa shape index (κ2) is 17.4. The number of methoxy groups -OCH3 is 2. The highest BCUT2D eigenvalue weighted by Crippen LogP contribution is 2.48. The number of pyridine rings is 1. The van der Waals surface area contributed by atoms with Gasteiger partial charge in [-0.1, -0.05) is 26.0 Å². The third-order valence-electron chi connectivity index (χ3n) is 12.8. The fraction of sp³-hybridized carbons (Fsp3) is 0.643. The highest BCUT2D eigenvalue weighted by atomic mass is 32.2. The Morgan fingerprint density at radius 1 is 1.10 bits per heavy atom. The zero-order valence-electron chi connectivity index (χ0n) is 35.9. The van der Waals surface area contributed by atoms with E-state index in [0.717, 1.165) is 4.90 Å². The van der Waals surface area contributed by atoms with Crippen LogP contribution in [0, 0.1) is 17.8 Å². The Morgan fingerprint density at radius 3 is 2.44 bits per heavy atom. The molecule has 4 amide bonds. The Labute approximate surface area is 358 Å². The average molecular weight is 896 g/mol. The molecule has 1 aromatic heterocycles. The Hall–Kier alpha value is -4.85. The average Bonchev–Trinajstić information content (AvgIpc) is 4.08. The first-order valence-electron chi connectivity index (χ1n) is 20.7.